The highest BCUT2D eigenvalue weighted by Gasteiger charge is 2.32. The standard InChI is InChI=1S/C15H24N2OS2/c1-3-13-15(20-9-8-19-13)14(17-16)11-6-5-7-12(10-11)18-4-2/h5-7,10,13-15,17H,3-4,8-9,16H2,1-2H3. The molecule has 5 heteroatoms. The van der Waals surface area contributed by atoms with Crippen molar-refractivity contribution >= 4 is 23.5 Å². The lowest BCUT2D eigenvalue weighted by Gasteiger charge is -2.35. The van der Waals surface area contributed by atoms with E-state index in [0.29, 0.717) is 17.1 Å². The molecule has 0 spiro atoms. The number of thioether (sulfide) groups is 2. The van der Waals surface area contributed by atoms with E-state index in [4.69, 9.17) is 10.6 Å². The van der Waals surface area contributed by atoms with Gasteiger partial charge < -0.3 is 4.74 Å². The second-order valence-corrected chi connectivity index (χ2v) is 7.44. The lowest BCUT2D eigenvalue weighted by molar-refractivity contribution is 0.339. The fourth-order valence-corrected chi connectivity index (χ4v) is 5.83. The lowest BCUT2D eigenvalue weighted by atomic mass is 10.0. The minimum atomic E-state index is 0.179. The van der Waals surface area contributed by atoms with Gasteiger partial charge in [-0.2, -0.15) is 23.5 Å². The Morgan fingerprint density at radius 3 is 2.85 bits per heavy atom. The van der Waals surface area contributed by atoms with Gasteiger partial charge in [0.05, 0.1) is 12.6 Å². The fourth-order valence-electron chi connectivity index (χ4n) is 2.59. The number of nitrogens with one attached hydrogen (secondary N) is 1. The molecule has 1 aromatic rings. The maximum absolute atomic E-state index is 5.86. The first kappa shape index (κ1) is 16.0. The highest BCUT2D eigenvalue weighted by Crippen LogP contribution is 2.40. The molecular formula is C15H24N2OS2. The molecule has 1 fully saturated rings. The van der Waals surface area contributed by atoms with Gasteiger partial charge in [0.2, 0.25) is 0 Å². The van der Waals surface area contributed by atoms with E-state index in [0.717, 1.165) is 5.75 Å². The Balaban J connectivity index is 2.19. The summed E-state index contributed by atoms with van der Waals surface area (Å²) in [4.78, 5) is 0. The first-order valence-corrected chi connectivity index (χ1v) is 9.32. The van der Waals surface area contributed by atoms with Crippen LogP contribution in [-0.2, 0) is 0 Å². The van der Waals surface area contributed by atoms with Crippen molar-refractivity contribution in [3.8, 4) is 5.75 Å². The average Bonchev–Trinajstić information content (AvgIpc) is 2.49. The second kappa shape index (κ2) is 8.17. The molecule has 0 bridgehead atoms. The predicted molar refractivity (Wildman–Crippen MR) is 90.5 cm³/mol. The average molecular weight is 313 g/mol. The van der Waals surface area contributed by atoms with Gasteiger partial charge in [-0.25, -0.2) is 0 Å². The van der Waals surface area contributed by atoms with Crippen molar-refractivity contribution < 1.29 is 4.74 Å². The highest BCUT2D eigenvalue weighted by atomic mass is 32.2. The van der Waals surface area contributed by atoms with Crippen molar-refractivity contribution in [2.75, 3.05) is 18.1 Å². The largest absolute Gasteiger partial charge is 0.494 e. The molecule has 112 valence electrons. The summed E-state index contributed by atoms with van der Waals surface area (Å²) >= 11 is 4.11. The van der Waals surface area contributed by atoms with E-state index >= 15 is 0 Å². The molecule has 3 nitrogen and oxygen atoms in total. The van der Waals surface area contributed by atoms with Gasteiger partial charge in [-0.05, 0) is 31.0 Å². The number of benzene rings is 1. The number of hydrogen-bond acceptors (Lipinski definition) is 5. The molecule has 0 radical (unpaired) electrons. The zero-order chi connectivity index (χ0) is 14.4. The van der Waals surface area contributed by atoms with Crippen molar-refractivity contribution in [1.82, 2.24) is 5.43 Å². The zero-order valence-corrected chi connectivity index (χ0v) is 13.8. The molecule has 1 aromatic carbocycles. The monoisotopic (exact) mass is 312 g/mol. The van der Waals surface area contributed by atoms with E-state index in [1.165, 1.54) is 23.5 Å². The van der Waals surface area contributed by atoms with Gasteiger partial charge in [0.1, 0.15) is 5.75 Å². The summed E-state index contributed by atoms with van der Waals surface area (Å²) in [5.74, 6) is 9.24. The van der Waals surface area contributed by atoms with Crippen molar-refractivity contribution in [2.45, 2.75) is 36.8 Å². The van der Waals surface area contributed by atoms with Crippen molar-refractivity contribution in [2.24, 2.45) is 5.84 Å². The van der Waals surface area contributed by atoms with Gasteiger partial charge in [-0.3, -0.25) is 11.3 Å². The van der Waals surface area contributed by atoms with Crippen LogP contribution in [0.4, 0.5) is 0 Å². The van der Waals surface area contributed by atoms with E-state index in [2.05, 4.69) is 36.2 Å². The summed E-state index contributed by atoms with van der Waals surface area (Å²) in [5.41, 5.74) is 4.25. The normalized spacial score (nSPS) is 24.4. The number of nitrogens with two attached hydrogens (primary N) is 1. The number of rotatable bonds is 6. The Morgan fingerprint density at radius 2 is 2.15 bits per heavy atom. The van der Waals surface area contributed by atoms with E-state index in [1.54, 1.807) is 0 Å². The van der Waals surface area contributed by atoms with E-state index in [1.807, 2.05) is 30.8 Å². The van der Waals surface area contributed by atoms with Crippen molar-refractivity contribution in [1.29, 1.82) is 0 Å². The van der Waals surface area contributed by atoms with Crippen molar-refractivity contribution in [3.05, 3.63) is 29.8 Å². The minimum Gasteiger partial charge on any atom is -0.494 e. The Kier molecular flexibility index (Phi) is 6.55. The third kappa shape index (κ3) is 3.85. The van der Waals surface area contributed by atoms with E-state index < -0.39 is 0 Å². The smallest absolute Gasteiger partial charge is 0.119 e. The van der Waals surface area contributed by atoms with Crippen LogP contribution in [0, 0.1) is 0 Å². The van der Waals surface area contributed by atoms with Gasteiger partial charge in [0.25, 0.3) is 0 Å². The van der Waals surface area contributed by atoms with Crippen LogP contribution < -0.4 is 16.0 Å². The molecule has 3 atom stereocenters. The maximum Gasteiger partial charge on any atom is 0.119 e. The number of ether oxygens (including phenoxy) is 1. The summed E-state index contributed by atoms with van der Waals surface area (Å²) < 4.78 is 5.60. The van der Waals surface area contributed by atoms with Crippen LogP contribution in [0.15, 0.2) is 24.3 Å². The number of hydrogen-bond donors (Lipinski definition) is 2. The van der Waals surface area contributed by atoms with Crippen LogP contribution in [0.1, 0.15) is 31.9 Å². The molecule has 20 heavy (non-hydrogen) atoms. The predicted octanol–water partition coefficient (Wildman–Crippen LogP) is 3.22. The minimum absolute atomic E-state index is 0.179. The summed E-state index contributed by atoms with van der Waals surface area (Å²) in [6.45, 7) is 4.96. The summed E-state index contributed by atoms with van der Waals surface area (Å²) in [5, 5.41) is 1.17. The third-order valence-corrected chi connectivity index (χ3v) is 6.88. The van der Waals surface area contributed by atoms with Gasteiger partial charge in [-0.15, -0.1) is 0 Å². The van der Waals surface area contributed by atoms with Crippen LogP contribution in [0.5, 0.6) is 5.75 Å². The highest BCUT2D eigenvalue weighted by molar-refractivity contribution is 8.07. The first-order chi connectivity index (χ1) is 9.80. The van der Waals surface area contributed by atoms with Gasteiger partial charge in [0, 0.05) is 22.0 Å². The molecule has 2 rings (SSSR count). The topological polar surface area (TPSA) is 47.3 Å². The Hall–Kier alpha value is -0.360. The molecule has 0 aliphatic carbocycles. The van der Waals surface area contributed by atoms with E-state index in [-0.39, 0.29) is 6.04 Å². The van der Waals surface area contributed by atoms with Crippen LogP contribution in [0.25, 0.3) is 0 Å². The summed E-state index contributed by atoms with van der Waals surface area (Å²) in [6.07, 6.45) is 1.19. The quantitative estimate of drug-likeness (QED) is 0.624. The Bertz CT molecular complexity index is 417. The Labute approximate surface area is 130 Å². The Morgan fingerprint density at radius 1 is 1.35 bits per heavy atom. The lowest BCUT2D eigenvalue weighted by Crippen LogP contribution is -2.41. The second-order valence-electron chi connectivity index (χ2n) is 4.80. The zero-order valence-electron chi connectivity index (χ0n) is 12.2. The SMILES string of the molecule is CCOc1cccc(C(NN)C2SCCSC2CC)c1. The molecule has 0 aromatic heterocycles. The fraction of sp³-hybridized carbons (Fsp3) is 0.600. The molecule has 3 unspecified atom stereocenters. The molecular weight excluding hydrogens is 288 g/mol. The first-order valence-electron chi connectivity index (χ1n) is 7.22. The molecule has 1 saturated heterocycles. The molecule has 1 aliphatic rings. The summed E-state index contributed by atoms with van der Waals surface area (Å²) in [7, 11) is 0. The molecule has 1 aliphatic heterocycles. The van der Waals surface area contributed by atoms with Crippen LogP contribution in [-0.4, -0.2) is 28.6 Å². The molecule has 0 amide bonds. The third-order valence-electron chi connectivity index (χ3n) is 3.53. The van der Waals surface area contributed by atoms with Crippen LogP contribution in [0.3, 0.4) is 0 Å². The molecule has 1 heterocycles. The summed E-state index contributed by atoms with van der Waals surface area (Å²) in [6, 6.07) is 8.48. The van der Waals surface area contributed by atoms with Gasteiger partial charge in [0.15, 0.2) is 0 Å². The van der Waals surface area contributed by atoms with Crippen molar-refractivity contribution in [3.63, 3.8) is 0 Å². The van der Waals surface area contributed by atoms with Gasteiger partial charge >= 0.3 is 0 Å². The van der Waals surface area contributed by atoms with Gasteiger partial charge in [-0.1, -0.05) is 19.1 Å². The number of hydrazine groups is 1. The molecule has 3 N–H and O–H groups in total. The van der Waals surface area contributed by atoms with Crippen LogP contribution in [0.2, 0.25) is 0 Å². The molecule has 0 saturated carbocycles. The maximum atomic E-state index is 5.86. The van der Waals surface area contributed by atoms with E-state index in [9.17, 15) is 0 Å². The van der Waals surface area contributed by atoms with Crippen LogP contribution >= 0.6 is 23.5 Å².